The van der Waals surface area contributed by atoms with E-state index in [1.165, 1.54) is 30.8 Å². The van der Waals surface area contributed by atoms with E-state index in [-0.39, 0.29) is 11.0 Å². The van der Waals surface area contributed by atoms with Crippen LogP contribution in [-0.4, -0.2) is 22.2 Å². The van der Waals surface area contributed by atoms with Crippen molar-refractivity contribution < 1.29 is 14.3 Å². The van der Waals surface area contributed by atoms with Gasteiger partial charge in [-0.05, 0) is 32.0 Å². The summed E-state index contributed by atoms with van der Waals surface area (Å²) in [5.74, 6) is -0.584. The first-order valence-corrected chi connectivity index (χ1v) is 5.95. The quantitative estimate of drug-likeness (QED) is 0.651. The lowest BCUT2D eigenvalue weighted by atomic mass is 10.1. The van der Waals surface area contributed by atoms with Crippen molar-refractivity contribution in [3.8, 4) is 0 Å². The summed E-state index contributed by atoms with van der Waals surface area (Å²) in [5, 5.41) is 9.35. The van der Waals surface area contributed by atoms with Crippen LogP contribution in [0.25, 0.3) is 0 Å². The van der Waals surface area contributed by atoms with E-state index in [2.05, 4.69) is 0 Å². The number of thioether (sulfide) groups is 1. The molecular weight excluding hydrogens is 227 g/mol. The summed E-state index contributed by atoms with van der Waals surface area (Å²) in [4.78, 5) is 12.0. The average molecular weight is 242 g/mol. The van der Waals surface area contributed by atoms with Gasteiger partial charge in [-0.2, -0.15) is 0 Å². The van der Waals surface area contributed by atoms with Crippen molar-refractivity contribution in [2.45, 2.75) is 37.0 Å². The number of halogens is 1. The summed E-state index contributed by atoms with van der Waals surface area (Å²) < 4.78 is 13.0. The SMILES string of the molecule is CC(=O)c1cc(F)ccc1SC(C)C(C)O. The molecule has 0 radical (unpaired) electrons. The third kappa shape index (κ3) is 3.32. The van der Waals surface area contributed by atoms with Crippen molar-refractivity contribution in [3.05, 3.63) is 29.6 Å². The van der Waals surface area contributed by atoms with E-state index >= 15 is 0 Å². The number of carbonyl (C=O) groups excluding carboxylic acids is 1. The van der Waals surface area contributed by atoms with Gasteiger partial charge in [0.25, 0.3) is 0 Å². The molecule has 0 spiro atoms. The van der Waals surface area contributed by atoms with Crippen LogP contribution in [0.4, 0.5) is 4.39 Å². The van der Waals surface area contributed by atoms with Crippen LogP contribution in [0, 0.1) is 5.82 Å². The molecule has 1 rings (SSSR count). The fraction of sp³-hybridized carbons (Fsp3) is 0.417. The molecule has 0 aliphatic heterocycles. The van der Waals surface area contributed by atoms with Gasteiger partial charge in [0, 0.05) is 15.7 Å². The van der Waals surface area contributed by atoms with Crippen LogP contribution in [0.1, 0.15) is 31.1 Å². The Balaban J connectivity index is 2.99. The normalized spacial score (nSPS) is 14.6. The van der Waals surface area contributed by atoms with E-state index in [1.807, 2.05) is 6.92 Å². The van der Waals surface area contributed by atoms with Gasteiger partial charge >= 0.3 is 0 Å². The Morgan fingerprint density at radius 1 is 1.44 bits per heavy atom. The summed E-state index contributed by atoms with van der Waals surface area (Å²) in [6.45, 7) is 4.96. The van der Waals surface area contributed by atoms with Gasteiger partial charge in [0.1, 0.15) is 5.82 Å². The second kappa shape index (κ2) is 5.46. The highest BCUT2D eigenvalue weighted by Gasteiger charge is 2.15. The fourth-order valence-electron chi connectivity index (χ4n) is 1.18. The van der Waals surface area contributed by atoms with Gasteiger partial charge in [-0.1, -0.05) is 6.92 Å². The number of carbonyl (C=O) groups is 1. The van der Waals surface area contributed by atoms with Crippen molar-refractivity contribution in [1.82, 2.24) is 0 Å². The predicted octanol–water partition coefficient (Wildman–Crippen LogP) is 2.89. The number of hydrogen-bond donors (Lipinski definition) is 1. The smallest absolute Gasteiger partial charge is 0.161 e. The third-order valence-electron chi connectivity index (χ3n) is 2.31. The number of Topliss-reactive ketones (excluding diaryl/α,β-unsaturated/α-hetero) is 1. The molecule has 0 saturated heterocycles. The third-order valence-corrected chi connectivity index (χ3v) is 3.69. The highest BCUT2D eigenvalue weighted by Crippen LogP contribution is 2.29. The van der Waals surface area contributed by atoms with Crippen molar-refractivity contribution in [1.29, 1.82) is 0 Å². The molecule has 0 amide bonds. The molecule has 0 aliphatic carbocycles. The summed E-state index contributed by atoms with van der Waals surface area (Å²) in [6, 6.07) is 4.14. The molecule has 0 heterocycles. The number of benzene rings is 1. The molecule has 0 bridgehead atoms. The number of aliphatic hydroxyl groups is 1. The van der Waals surface area contributed by atoms with Crippen LogP contribution < -0.4 is 0 Å². The number of aliphatic hydroxyl groups excluding tert-OH is 1. The minimum Gasteiger partial charge on any atom is -0.392 e. The van der Waals surface area contributed by atoms with Crippen LogP contribution in [0.3, 0.4) is 0 Å². The molecule has 88 valence electrons. The standard InChI is InChI=1S/C12H15FO2S/c1-7(14)9(3)16-12-5-4-10(13)6-11(12)8(2)15/h4-7,9,14H,1-3H3. The van der Waals surface area contributed by atoms with E-state index < -0.39 is 11.9 Å². The topological polar surface area (TPSA) is 37.3 Å². The highest BCUT2D eigenvalue weighted by molar-refractivity contribution is 8.00. The van der Waals surface area contributed by atoms with Gasteiger partial charge in [0.05, 0.1) is 6.10 Å². The molecule has 4 heteroatoms. The summed E-state index contributed by atoms with van der Waals surface area (Å²) in [7, 11) is 0. The summed E-state index contributed by atoms with van der Waals surface area (Å²) in [5.41, 5.74) is 0.373. The monoisotopic (exact) mass is 242 g/mol. The maximum Gasteiger partial charge on any atom is 0.161 e. The Bertz CT molecular complexity index is 391. The Hall–Kier alpha value is -0.870. The molecule has 16 heavy (non-hydrogen) atoms. The van der Waals surface area contributed by atoms with Gasteiger partial charge in [-0.25, -0.2) is 4.39 Å². The van der Waals surface area contributed by atoms with Crippen molar-refractivity contribution in [2.24, 2.45) is 0 Å². The van der Waals surface area contributed by atoms with E-state index in [4.69, 9.17) is 0 Å². The highest BCUT2D eigenvalue weighted by atomic mass is 32.2. The van der Waals surface area contributed by atoms with Crippen molar-refractivity contribution >= 4 is 17.5 Å². The van der Waals surface area contributed by atoms with Gasteiger partial charge in [0.15, 0.2) is 5.78 Å². The average Bonchev–Trinajstić information content (AvgIpc) is 2.20. The number of ketones is 1. The Morgan fingerprint density at radius 2 is 2.06 bits per heavy atom. The summed E-state index contributed by atoms with van der Waals surface area (Å²) in [6.07, 6.45) is -0.477. The zero-order valence-electron chi connectivity index (χ0n) is 9.53. The molecule has 0 fully saturated rings. The van der Waals surface area contributed by atoms with Gasteiger partial charge in [-0.15, -0.1) is 11.8 Å². The van der Waals surface area contributed by atoms with Crippen LogP contribution >= 0.6 is 11.8 Å². The largest absolute Gasteiger partial charge is 0.392 e. The van der Waals surface area contributed by atoms with Crippen LogP contribution in [-0.2, 0) is 0 Å². The molecule has 2 atom stereocenters. The Morgan fingerprint density at radius 3 is 2.56 bits per heavy atom. The fourth-order valence-corrected chi connectivity index (χ4v) is 2.25. The Kier molecular flexibility index (Phi) is 4.50. The first kappa shape index (κ1) is 13.2. The molecule has 0 aliphatic rings. The van der Waals surface area contributed by atoms with E-state index in [1.54, 1.807) is 13.0 Å². The van der Waals surface area contributed by atoms with E-state index in [9.17, 15) is 14.3 Å². The Labute approximate surface area is 98.9 Å². The van der Waals surface area contributed by atoms with Crippen LogP contribution in [0.5, 0.6) is 0 Å². The number of hydrogen-bond acceptors (Lipinski definition) is 3. The molecule has 0 aromatic heterocycles. The lowest BCUT2D eigenvalue weighted by molar-refractivity contribution is 0.101. The first-order chi connectivity index (χ1) is 7.41. The van der Waals surface area contributed by atoms with Crippen LogP contribution in [0.15, 0.2) is 23.1 Å². The molecule has 2 nitrogen and oxygen atoms in total. The summed E-state index contributed by atoms with van der Waals surface area (Å²) >= 11 is 1.38. The van der Waals surface area contributed by atoms with E-state index in [0.29, 0.717) is 10.5 Å². The number of rotatable bonds is 4. The second-order valence-corrected chi connectivity index (χ2v) is 5.18. The molecule has 2 unspecified atom stereocenters. The molecule has 0 saturated carbocycles. The lowest BCUT2D eigenvalue weighted by Crippen LogP contribution is -2.15. The zero-order valence-corrected chi connectivity index (χ0v) is 10.3. The van der Waals surface area contributed by atoms with E-state index in [0.717, 1.165) is 0 Å². The van der Waals surface area contributed by atoms with Crippen LogP contribution in [0.2, 0.25) is 0 Å². The molecule has 1 N–H and O–H groups in total. The first-order valence-electron chi connectivity index (χ1n) is 5.07. The van der Waals surface area contributed by atoms with Gasteiger partial charge in [0.2, 0.25) is 0 Å². The molecule has 1 aromatic carbocycles. The van der Waals surface area contributed by atoms with Gasteiger partial charge < -0.3 is 5.11 Å². The zero-order chi connectivity index (χ0) is 12.3. The van der Waals surface area contributed by atoms with Crippen molar-refractivity contribution in [2.75, 3.05) is 0 Å². The maximum absolute atomic E-state index is 13.0. The minimum absolute atomic E-state index is 0.0384. The lowest BCUT2D eigenvalue weighted by Gasteiger charge is -2.15. The second-order valence-electron chi connectivity index (χ2n) is 3.76. The maximum atomic E-state index is 13.0. The minimum atomic E-state index is -0.477. The molecular formula is C12H15FO2S. The van der Waals surface area contributed by atoms with Crippen molar-refractivity contribution in [3.63, 3.8) is 0 Å². The predicted molar refractivity (Wildman–Crippen MR) is 63.4 cm³/mol. The molecule has 1 aromatic rings. The van der Waals surface area contributed by atoms with Gasteiger partial charge in [-0.3, -0.25) is 4.79 Å².